The second-order valence-corrected chi connectivity index (χ2v) is 6.84. The number of carbonyl (C=O) groups excluding carboxylic acids is 1. The zero-order valence-electron chi connectivity index (χ0n) is 14.2. The van der Waals surface area contributed by atoms with Crippen LogP contribution in [0.15, 0.2) is 29.2 Å². The van der Waals surface area contributed by atoms with Crippen LogP contribution in [0.1, 0.15) is 13.3 Å². The van der Waals surface area contributed by atoms with Crippen LogP contribution in [0.3, 0.4) is 0 Å². The number of likely N-dealkylation sites (tertiary alicyclic amines) is 1. The van der Waals surface area contributed by atoms with E-state index in [-0.39, 0.29) is 19.1 Å². The third kappa shape index (κ3) is 4.02. The second-order valence-electron chi connectivity index (χ2n) is 5.96. The number of thioether (sulfide) groups is 1. The lowest BCUT2D eigenvalue weighted by Crippen LogP contribution is -2.43. The van der Waals surface area contributed by atoms with Gasteiger partial charge in [-0.25, -0.2) is 0 Å². The zero-order chi connectivity index (χ0) is 17.7. The lowest BCUT2D eigenvalue weighted by Gasteiger charge is -2.25. The van der Waals surface area contributed by atoms with Gasteiger partial charge in [0, 0.05) is 25.1 Å². The van der Waals surface area contributed by atoms with E-state index in [1.807, 2.05) is 30.5 Å². The van der Waals surface area contributed by atoms with Gasteiger partial charge < -0.3 is 19.5 Å². The van der Waals surface area contributed by atoms with Gasteiger partial charge in [0.25, 0.3) is 5.91 Å². The minimum absolute atomic E-state index is 0.0947. The molecule has 0 spiro atoms. The largest absolute Gasteiger partial charge is 0.481 e. The van der Waals surface area contributed by atoms with Crippen LogP contribution in [0.25, 0.3) is 0 Å². The molecule has 1 aromatic carbocycles. The molecule has 132 valence electrons. The van der Waals surface area contributed by atoms with Crippen LogP contribution in [0.5, 0.6) is 5.75 Å². The van der Waals surface area contributed by atoms with Gasteiger partial charge in [-0.05, 0) is 43.9 Å². The highest BCUT2D eigenvalue weighted by molar-refractivity contribution is 7.98. The first kappa shape index (κ1) is 18.6. The van der Waals surface area contributed by atoms with Crippen molar-refractivity contribution in [2.45, 2.75) is 24.3 Å². The predicted octanol–water partition coefficient (Wildman–Crippen LogP) is 2.13. The van der Waals surface area contributed by atoms with Crippen molar-refractivity contribution in [1.82, 2.24) is 4.90 Å². The van der Waals surface area contributed by atoms with Crippen molar-refractivity contribution in [3.63, 3.8) is 0 Å². The molecule has 24 heavy (non-hydrogen) atoms. The van der Waals surface area contributed by atoms with Crippen molar-refractivity contribution in [1.29, 1.82) is 0 Å². The van der Waals surface area contributed by atoms with Crippen molar-refractivity contribution < 1.29 is 24.2 Å². The van der Waals surface area contributed by atoms with E-state index in [9.17, 15) is 14.7 Å². The van der Waals surface area contributed by atoms with E-state index in [2.05, 4.69) is 0 Å². The van der Waals surface area contributed by atoms with Crippen LogP contribution in [-0.4, -0.2) is 61.0 Å². The van der Waals surface area contributed by atoms with Crippen LogP contribution in [0, 0.1) is 5.41 Å². The van der Waals surface area contributed by atoms with Gasteiger partial charge in [-0.15, -0.1) is 11.8 Å². The van der Waals surface area contributed by atoms with Crippen LogP contribution >= 0.6 is 11.8 Å². The average Bonchev–Trinajstić information content (AvgIpc) is 3.01. The van der Waals surface area contributed by atoms with Gasteiger partial charge in [-0.2, -0.15) is 0 Å². The Morgan fingerprint density at radius 3 is 2.58 bits per heavy atom. The summed E-state index contributed by atoms with van der Waals surface area (Å²) in [7, 11) is 1.47. The van der Waals surface area contributed by atoms with Crippen molar-refractivity contribution >= 4 is 23.6 Å². The Kier molecular flexibility index (Phi) is 6.12. The number of rotatable bonds is 7. The molecular formula is C17H23NO5S. The summed E-state index contributed by atoms with van der Waals surface area (Å²) in [5, 5.41) is 9.47. The lowest BCUT2D eigenvalue weighted by atomic mass is 9.88. The van der Waals surface area contributed by atoms with E-state index in [4.69, 9.17) is 9.47 Å². The number of aliphatic carboxylic acids is 1. The predicted molar refractivity (Wildman–Crippen MR) is 91.5 cm³/mol. The normalized spacial score (nSPS) is 21.5. The van der Waals surface area contributed by atoms with Gasteiger partial charge in [0.05, 0.1) is 6.61 Å². The Balaban J connectivity index is 1.99. The maximum atomic E-state index is 12.6. The first-order valence-electron chi connectivity index (χ1n) is 7.74. The first-order valence-corrected chi connectivity index (χ1v) is 8.96. The fourth-order valence-corrected chi connectivity index (χ4v) is 3.27. The number of hydrogen-bond donors (Lipinski definition) is 1. The van der Waals surface area contributed by atoms with Crippen molar-refractivity contribution in [2.24, 2.45) is 5.41 Å². The molecule has 2 rings (SSSR count). The summed E-state index contributed by atoms with van der Waals surface area (Å²) in [5.74, 6) is -0.515. The quantitative estimate of drug-likeness (QED) is 0.757. The van der Waals surface area contributed by atoms with Crippen LogP contribution in [0.2, 0.25) is 0 Å². The van der Waals surface area contributed by atoms with Gasteiger partial charge in [0.15, 0.2) is 6.10 Å². The molecular weight excluding hydrogens is 330 g/mol. The molecule has 0 aliphatic carbocycles. The zero-order valence-corrected chi connectivity index (χ0v) is 15.0. The first-order chi connectivity index (χ1) is 11.4. The molecule has 1 N–H and O–H groups in total. The summed E-state index contributed by atoms with van der Waals surface area (Å²) in [6.07, 6.45) is 1.71. The average molecular weight is 353 g/mol. The van der Waals surface area contributed by atoms with Gasteiger partial charge >= 0.3 is 5.97 Å². The Labute approximate surface area is 146 Å². The SMILES string of the molecule is COCC1(C(=O)O)CCN(C(=O)C(C)Oc2ccc(SC)cc2)C1. The standard InChI is InChI=1S/C17H23NO5S/c1-12(23-13-4-6-14(24-3)7-5-13)15(19)18-9-8-17(10-18,11-22-2)16(20)21/h4-7,12H,8-11H2,1-3H3,(H,20,21). The number of methoxy groups -OCH3 is 1. The molecule has 1 fully saturated rings. The summed E-state index contributed by atoms with van der Waals surface area (Å²) < 4.78 is 10.7. The van der Waals surface area contributed by atoms with E-state index in [1.54, 1.807) is 23.6 Å². The molecule has 1 heterocycles. The molecule has 7 heteroatoms. The number of ether oxygens (including phenoxy) is 2. The van der Waals surface area contributed by atoms with Gasteiger partial charge in [-0.3, -0.25) is 9.59 Å². The summed E-state index contributed by atoms with van der Waals surface area (Å²) in [6, 6.07) is 7.51. The molecule has 1 saturated heterocycles. The molecule has 0 saturated carbocycles. The van der Waals surface area contributed by atoms with E-state index in [0.29, 0.717) is 18.7 Å². The van der Waals surface area contributed by atoms with Crippen LogP contribution in [0.4, 0.5) is 0 Å². The summed E-state index contributed by atoms with van der Waals surface area (Å²) in [5.41, 5.74) is -1.02. The second kappa shape index (κ2) is 7.90. The molecule has 0 radical (unpaired) electrons. The minimum atomic E-state index is -1.02. The maximum absolute atomic E-state index is 12.6. The topological polar surface area (TPSA) is 76.1 Å². The maximum Gasteiger partial charge on any atom is 0.313 e. The number of carbonyl (C=O) groups is 2. The fourth-order valence-electron chi connectivity index (χ4n) is 2.86. The molecule has 0 bridgehead atoms. The smallest absolute Gasteiger partial charge is 0.313 e. The van der Waals surface area contributed by atoms with Crippen molar-refractivity contribution in [2.75, 3.05) is 33.1 Å². The number of carboxylic acid groups (broad SMARTS) is 1. The molecule has 1 aliphatic rings. The highest BCUT2D eigenvalue weighted by atomic mass is 32.2. The molecule has 2 unspecified atom stereocenters. The van der Waals surface area contributed by atoms with E-state index in [1.165, 1.54) is 7.11 Å². The molecule has 2 atom stereocenters. The van der Waals surface area contributed by atoms with E-state index < -0.39 is 17.5 Å². The molecule has 1 aromatic rings. The van der Waals surface area contributed by atoms with Crippen LogP contribution < -0.4 is 4.74 Å². The van der Waals surface area contributed by atoms with Gasteiger partial charge in [0.1, 0.15) is 11.2 Å². The Hall–Kier alpha value is -1.73. The summed E-state index contributed by atoms with van der Waals surface area (Å²) >= 11 is 1.63. The number of nitrogens with zero attached hydrogens (tertiary/aromatic N) is 1. The minimum Gasteiger partial charge on any atom is -0.481 e. The lowest BCUT2D eigenvalue weighted by molar-refractivity contribution is -0.152. The Bertz CT molecular complexity index is 591. The Morgan fingerprint density at radius 2 is 2.04 bits per heavy atom. The molecule has 0 aromatic heterocycles. The van der Waals surface area contributed by atoms with Crippen molar-refractivity contribution in [3.8, 4) is 5.75 Å². The monoisotopic (exact) mass is 353 g/mol. The highest BCUT2D eigenvalue weighted by Crippen LogP contribution is 2.32. The highest BCUT2D eigenvalue weighted by Gasteiger charge is 2.47. The van der Waals surface area contributed by atoms with Gasteiger partial charge in [-0.1, -0.05) is 0 Å². The number of benzene rings is 1. The third-order valence-corrected chi connectivity index (χ3v) is 5.00. The van der Waals surface area contributed by atoms with E-state index >= 15 is 0 Å². The van der Waals surface area contributed by atoms with Crippen molar-refractivity contribution in [3.05, 3.63) is 24.3 Å². The van der Waals surface area contributed by atoms with Crippen LogP contribution in [-0.2, 0) is 14.3 Å². The van der Waals surface area contributed by atoms with E-state index in [0.717, 1.165) is 4.90 Å². The number of carboxylic acids is 1. The third-order valence-electron chi connectivity index (χ3n) is 4.26. The number of hydrogen-bond acceptors (Lipinski definition) is 5. The number of amides is 1. The summed E-state index contributed by atoms with van der Waals surface area (Å²) in [4.78, 5) is 26.8. The molecule has 1 amide bonds. The molecule has 1 aliphatic heterocycles. The Morgan fingerprint density at radius 1 is 1.38 bits per heavy atom. The van der Waals surface area contributed by atoms with Gasteiger partial charge in [0.2, 0.25) is 0 Å². The fraction of sp³-hybridized carbons (Fsp3) is 0.529. The molecule has 6 nitrogen and oxygen atoms in total. The summed E-state index contributed by atoms with van der Waals surface area (Å²) in [6.45, 7) is 2.32.